The summed E-state index contributed by atoms with van der Waals surface area (Å²) in [4.78, 5) is 6.06. The van der Waals surface area contributed by atoms with Gasteiger partial charge in [-0.05, 0) is 58.8 Å². The normalized spacial score (nSPS) is 39.4. The van der Waals surface area contributed by atoms with Crippen LogP contribution in [0.5, 0.6) is 0 Å². The zero-order chi connectivity index (χ0) is 13.5. The van der Waals surface area contributed by atoms with Gasteiger partial charge < -0.3 is 0 Å². The van der Waals surface area contributed by atoms with Crippen molar-refractivity contribution < 1.29 is 4.84 Å². The first-order valence-corrected chi connectivity index (χ1v) is 7.36. The summed E-state index contributed by atoms with van der Waals surface area (Å²) in [5.74, 6) is 2.26. The van der Waals surface area contributed by atoms with Gasteiger partial charge in [-0.1, -0.05) is 18.6 Å². The van der Waals surface area contributed by atoms with E-state index in [1.165, 1.54) is 24.8 Å². The standard InChI is InChI=1S/C16H29NO/c1-11(2)7-8-13-9-12(3)15-14(10-13)16(4,5)18-17(15)6/h7,12-15H,8-10H2,1-6H3/t12-,13+,14+,15+/m0/s1. The second-order valence-electron chi connectivity index (χ2n) is 7.17. The molecule has 0 spiro atoms. The van der Waals surface area contributed by atoms with Crippen LogP contribution in [0.15, 0.2) is 11.6 Å². The third-order valence-corrected chi connectivity index (χ3v) is 4.84. The molecule has 2 fully saturated rings. The van der Waals surface area contributed by atoms with Gasteiger partial charge in [-0.15, -0.1) is 0 Å². The van der Waals surface area contributed by atoms with Crippen LogP contribution in [-0.2, 0) is 4.84 Å². The Kier molecular flexibility index (Phi) is 3.89. The zero-order valence-corrected chi connectivity index (χ0v) is 12.9. The average Bonchev–Trinajstić information content (AvgIpc) is 2.46. The van der Waals surface area contributed by atoms with Crippen molar-refractivity contribution in [3.8, 4) is 0 Å². The van der Waals surface area contributed by atoms with E-state index < -0.39 is 0 Å². The molecule has 4 atom stereocenters. The molecule has 0 unspecified atom stereocenters. The molecule has 0 aromatic heterocycles. The molecule has 0 aromatic carbocycles. The van der Waals surface area contributed by atoms with E-state index >= 15 is 0 Å². The topological polar surface area (TPSA) is 12.5 Å². The zero-order valence-electron chi connectivity index (χ0n) is 12.9. The summed E-state index contributed by atoms with van der Waals surface area (Å²) in [6, 6.07) is 0.614. The van der Waals surface area contributed by atoms with Crippen LogP contribution in [0.3, 0.4) is 0 Å². The van der Waals surface area contributed by atoms with Crippen LogP contribution < -0.4 is 0 Å². The van der Waals surface area contributed by atoms with Crippen molar-refractivity contribution in [1.82, 2.24) is 5.06 Å². The van der Waals surface area contributed by atoms with Gasteiger partial charge in [-0.25, -0.2) is 0 Å². The maximum Gasteiger partial charge on any atom is 0.0887 e. The Morgan fingerprint density at radius 2 is 2.00 bits per heavy atom. The van der Waals surface area contributed by atoms with Gasteiger partial charge in [0.2, 0.25) is 0 Å². The second kappa shape index (κ2) is 4.97. The van der Waals surface area contributed by atoms with Gasteiger partial charge in [0.05, 0.1) is 5.60 Å². The molecule has 2 heteroatoms. The molecular weight excluding hydrogens is 222 g/mol. The van der Waals surface area contributed by atoms with E-state index in [1.54, 1.807) is 0 Å². The minimum atomic E-state index is 0.0112. The van der Waals surface area contributed by atoms with Crippen molar-refractivity contribution in [2.24, 2.45) is 17.8 Å². The molecule has 2 aliphatic rings. The van der Waals surface area contributed by atoms with E-state index in [-0.39, 0.29) is 5.60 Å². The van der Waals surface area contributed by atoms with Gasteiger partial charge in [0, 0.05) is 19.0 Å². The van der Waals surface area contributed by atoms with Crippen molar-refractivity contribution in [3.05, 3.63) is 11.6 Å². The van der Waals surface area contributed by atoms with Crippen molar-refractivity contribution in [1.29, 1.82) is 0 Å². The number of rotatable bonds is 2. The summed E-state index contributed by atoms with van der Waals surface area (Å²) >= 11 is 0. The number of hydrogen-bond acceptors (Lipinski definition) is 2. The van der Waals surface area contributed by atoms with Gasteiger partial charge in [0.1, 0.15) is 0 Å². The van der Waals surface area contributed by atoms with Crippen molar-refractivity contribution in [2.45, 2.75) is 65.5 Å². The molecule has 0 bridgehead atoms. The summed E-state index contributed by atoms with van der Waals surface area (Å²) in [6.07, 6.45) is 6.31. The first-order chi connectivity index (χ1) is 8.31. The smallest absolute Gasteiger partial charge is 0.0887 e. The molecule has 0 aromatic rings. The lowest BCUT2D eigenvalue weighted by molar-refractivity contribution is -0.182. The quantitative estimate of drug-likeness (QED) is 0.687. The first-order valence-electron chi connectivity index (χ1n) is 7.36. The van der Waals surface area contributed by atoms with Crippen LogP contribution in [0.4, 0.5) is 0 Å². The lowest BCUT2D eigenvalue weighted by atomic mass is 9.67. The first kappa shape index (κ1) is 14.1. The monoisotopic (exact) mass is 251 g/mol. The Morgan fingerprint density at radius 1 is 1.33 bits per heavy atom. The second-order valence-corrected chi connectivity index (χ2v) is 7.17. The molecule has 1 aliphatic heterocycles. The van der Waals surface area contributed by atoms with Gasteiger partial charge in [0.15, 0.2) is 0 Å². The highest BCUT2D eigenvalue weighted by molar-refractivity contribution is 5.02. The fourth-order valence-corrected chi connectivity index (χ4v) is 4.06. The number of fused-ring (bicyclic) bond motifs is 1. The summed E-state index contributed by atoms with van der Waals surface area (Å²) in [5, 5.41) is 2.13. The summed E-state index contributed by atoms with van der Waals surface area (Å²) in [5.41, 5.74) is 1.46. The molecule has 1 saturated heterocycles. The predicted octanol–water partition coefficient (Wildman–Crippen LogP) is 4.03. The van der Waals surface area contributed by atoms with Crippen LogP contribution in [0.1, 0.15) is 53.9 Å². The minimum Gasteiger partial charge on any atom is -0.293 e. The van der Waals surface area contributed by atoms with Crippen molar-refractivity contribution in [3.63, 3.8) is 0 Å². The largest absolute Gasteiger partial charge is 0.293 e. The third-order valence-electron chi connectivity index (χ3n) is 4.84. The Bertz CT molecular complexity index is 330. The molecule has 104 valence electrons. The van der Waals surface area contributed by atoms with E-state index in [4.69, 9.17) is 4.84 Å². The van der Waals surface area contributed by atoms with Crippen LogP contribution in [0.25, 0.3) is 0 Å². The van der Waals surface area contributed by atoms with E-state index in [9.17, 15) is 0 Å². The molecule has 0 N–H and O–H groups in total. The Balaban J connectivity index is 2.09. The molecule has 1 heterocycles. The van der Waals surface area contributed by atoms with E-state index in [0.29, 0.717) is 12.0 Å². The predicted molar refractivity (Wildman–Crippen MR) is 76.1 cm³/mol. The fourth-order valence-electron chi connectivity index (χ4n) is 4.06. The van der Waals surface area contributed by atoms with E-state index in [2.05, 4.69) is 52.8 Å². The number of hydrogen-bond donors (Lipinski definition) is 0. The summed E-state index contributed by atoms with van der Waals surface area (Å²) < 4.78 is 0. The average molecular weight is 251 g/mol. The number of allylic oxidation sites excluding steroid dienone is 2. The highest BCUT2D eigenvalue weighted by Crippen LogP contribution is 2.48. The van der Waals surface area contributed by atoms with Gasteiger partial charge in [-0.3, -0.25) is 4.84 Å². The van der Waals surface area contributed by atoms with Gasteiger partial charge in [0.25, 0.3) is 0 Å². The van der Waals surface area contributed by atoms with Crippen LogP contribution >= 0.6 is 0 Å². The lowest BCUT2D eigenvalue weighted by Gasteiger charge is -2.39. The maximum absolute atomic E-state index is 6.06. The summed E-state index contributed by atoms with van der Waals surface area (Å²) in [6.45, 7) is 11.3. The maximum atomic E-state index is 6.06. The van der Waals surface area contributed by atoms with Crippen molar-refractivity contribution in [2.75, 3.05) is 7.05 Å². The Morgan fingerprint density at radius 3 is 2.61 bits per heavy atom. The highest BCUT2D eigenvalue weighted by Gasteiger charge is 2.52. The fraction of sp³-hybridized carbons (Fsp3) is 0.875. The highest BCUT2D eigenvalue weighted by atomic mass is 16.7. The number of hydroxylamine groups is 2. The molecule has 0 radical (unpaired) electrons. The molecule has 0 amide bonds. The molecule has 18 heavy (non-hydrogen) atoms. The molecule has 1 aliphatic carbocycles. The Labute approximate surface area is 112 Å². The molecule has 2 nitrogen and oxygen atoms in total. The summed E-state index contributed by atoms with van der Waals surface area (Å²) in [7, 11) is 2.11. The minimum absolute atomic E-state index is 0.0112. The number of nitrogens with zero attached hydrogens (tertiary/aromatic N) is 1. The SMILES string of the molecule is CC(C)=CC[C@H]1C[C@@H]2[C@@H]([C@@H](C)C1)N(C)OC2(C)C. The Hall–Kier alpha value is -0.340. The molecule has 1 saturated carbocycles. The van der Waals surface area contributed by atoms with Crippen LogP contribution in [0.2, 0.25) is 0 Å². The van der Waals surface area contributed by atoms with E-state index in [0.717, 1.165) is 11.8 Å². The molecular formula is C16H29NO. The third kappa shape index (κ3) is 2.65. The van der Waals surface area contributed by atoms with Crippen molar-refractivity contribution >= 4 is 0 Å². The van der Waals surface area contributed by atoms with Crippen LogP contribution in [0, 0.1) is 17.8 Å². The van der Waals surface area contributed by atoms with Gasteiger partial charge in [-0.2, -0.15) is 5.06 Å². The van der Waals surface area contributed by atoms with E-state index in [1.807, 2.05) is 0 Å². The lowest BCUT2D eigenvalue weighted by Crippen LogP contribution is -2.43. The molecule has 2 rings (SSSR count). The van der Waals surface area contributed by atoms with Gasteiger partial charge >= 0.3 is 0 Å². The van der Waals surface area contributed by atoms with Crippen LogP contribution in [-0.4, -0.2) is 23.8 Å².